The Morgan fingerprint density at radius 3 is 2.42 bits per heavy atom. The summed E-state index contributed by atoms with van der Waals surface area (Å²) in [5.74, 6) is -0.363. The number of benzene rings is 2. The molecule has 0 aromatic heterocycles. The first-order chi connectivity index (χ1) is 14.8. The molecule has 0 bridgehead atoms. The van der Waals surface area contributed by atoms with Gasteiger partial charge < -0.3 is 24.4 Å². The van der Waals surface area contributed by atoms with E-state index in [4.69, 9.17) is 9.47 Å². The predicted molar refractivity (Wildman–Crippen MR) is 118 cm³/mol. The van der Waals surface area contributed by atoms with E-state index in [1.54, 1.807) is 38.5 Å². The van der Waals surface area contributed by atoms with Crippen molar-refractivity contribution in [3.05, 3.63) is 64.7 Å². The minimum Gasteiger partial charge on any atom is -0.507 e. The summed E-state index contributed by atoms with van der Waals surface area (Å²) in [4.78, 5) is 29.5. The fraction of sp³-hybridized carbons (Fsp3) is 0.333. The fourth-order valence-electron chi connectivity index (χ4n) is 3.81. The highest BCUT2D eigenvalue weighted by Crippen LogP contribution is 2.42. The average Bonchev–Trinajstić information content (AvgIpc) is 3.01. The minimum atomic E-state index is -0.752. The molecule has 7 nitrogen and oxygen atoms in total. The number of hydrogen-bond acceptors (Lipinski definition) is 6. The molecule has 2 aromatic carbocycles. The zero-order valence-electron chi connectivity index (χ0n) is 18.5. The molecular weight excluding hydrogens is 396 g/mol. The quantitative estimate of drug-likeness (QED) is 0.418. The number of aryl methyl sites for hydroxylation is 1. The largest absolute Gasteiger partial charge is 0.507 e. The molecule has 2 aromatic rings. The first-order valence-electron chi connectivity index (χ1n) is 10.0. The van der Waals surface area contributed by atoms with Crippen molar-refractivity contribution in [3.8, 4) is 11.5 Å². The summed E-state index contributed by atoms with van der Waals surface area (Å²) in [5.41, 5.74) is 1.92. The molecular formula is C24H28N2O5. The molecule has 1 unspecified atom stereocenters. The Morgan fingerprint density at radius 1 is 1.10 bits per heavy atom. The van der Waals surface area contributed by atoms with Gasteiger partial charge in [-0.15, -0.1) is 0 Å². The van der Waals surface area contributed by atoms with Crippen LogP contribution in [0.3, 0.4) is 0 Å². The molecule has 164 valence electrons. The number of carbonyl (C=O) groups excluding carboxylic acids is 2. The molecule has 3 rings (SSSR count). The fourth-order valence-corrected chi connectivity index (χ4v) is 3.81. The van der Waals surface area contributed by atoms with E-state index >= 15 is 0 Å². The number of aliphatic hydroxyl groups is 1. The van der Waals surface area contributed by atoms with E-state index in [0.29, 0.717) is 35.7 Å². The van der Waals surface area contributed by atoms with Crippen LogP contribution in [-0.2, 0) is 9.59 Å². The second-order valence-electron chi connectivity index (χ2n) is 7.72. The van der Waals surface area contributed by atoms with Crippen LogP contribution in [0.4, 0.5) is 0 Å². The number of rotatable bonds is 7. The molecule has 0 radical (unpaired) electrons. The molecule has 1 heterocycles. The van der Waals surface area contributed by atoms with Gasteiger partial charge in [0.25, 0.3) is 11.7 Å². The number of ether oxygens (including phenoxy) is 2. The van der Waals surface area contributed by atoms with Gasteiger partial charge in [0.2, 0.25) is 0 Å². The summed E-state index contributed by atoms with van der Waals surface area (Å²) in [7, 11) is 6.90. The van der Waals surface area contributed by atoms with Gasteiger partial charge in [-0.3, -0.25) is 9.59 Å². The molecule has 0 spiro atoms. The Kier molecular flexibility index (Phi) is 6.65. The lowest BCUT2D eigenvalue weighted by Crippen LogP contribution is -2.35. The standard InChI is InChI=1S/C24H28N2O5/c1-15-14-16(30-4)10-11-17(15)22(27)20-21(18-8-6-7-9-19(18)31-5)26(13-12-25(2)3)24(29)23(20)28/h6-11,14,21,27H,12-13H2,1-5H3/b22-20+. The van der Waals surface area contributed by atoms with Crippen LogP contribution in [0, 0.1) is 6.92 Å². The van der Waals surface area contributed by atoms with Gasteiger partial charge >= 0.3 is 0 Å². The molecule has 1 fully saturated rings. The van der Waals surface area contributed by atoms with E-state index in [9.17, 15) is 14.7 Å². The number of likely N-dealkylation sites (N-methyl/N-ethyl adjacent to an activating group) is 1. The van der Waals surface area contributed by atoms with Crippen LogP contribution in [0.1, 0.15) is 22.7 Å². The zero-order chi connectivity index (χ0) is 22.7. The highest BCUT2D eigenvalue weighted by atomic mass is 16.5. The highest BCUT2D eigenvalue weighted by Gasteiger charge is 2.46. The molecule has 1 N–H and O–H groups in total. The third-order valence-electron chi connectivity index (χ3n) is 5.45. The molecule has 1 atom stereocenters. The van der Waals surface area contributed by atoms with Gasteiger partial charge in [-0.2, -0.15) is 0 Å². The Hall–Kier alpha value is -3.32. The normalized spacial score (nSPS) is 18.0. The zero-order valence-corrected chi connectivity index (χ0v) is 18.5. The van der Waals surface area contributed by atoms with Crippen LogP contribution in [0.5, 0.6) is 11.5 Å². The number of para-hydroxylation sites is 1. The number of methoxy groups -OCH3 is 2. The molecule has 31 heavy (non-hydrogen) atoms. The third-order valence-corrected chi connectivity index (χ3v) is 5.45. The summed E-state index contributed by atoms with van der Waals surface area (Å²) >= 11 is 0. The first kappa shape index (κ1) is 22.4. The van der Waals surface area contributed by atoms with Gasteiger partial charge in [0, 0.05) is 24.2 Å². The predicted octanol–water partition coefficient (Wildman–Crippen LogP) is 3.00. The van der Waals surface area contributed by atoms with Crippen LogP contribution in [0.15, 0.2) is 48.0 Å². The van der Waals surface area contributed by atoms with Gasteiger partial charge in [0.15, 0.2) is 0 Å². The van der Waals surface area contributed by atoms with Crippen LogP contribution in [0.2, 0.25) is 0 Å². The molecule has 7 heteroatoms. The van der Waals surface area contributed by atoms with E-state index < -0.39 is 17.7 Å². The van der Waals surface area contributed by atoms with E-state index in [0.717, 1.165) is 5.56 Å². The maximum absolute atomic E-state index is 13.1. The van der Waals surface area contributed by atoms with Crippen molar-refractivity contribution < 1.29 is 24.2 Å². The summed E-state index contributed by atoms with van der Waals surface area (Å²) in [6.07, 6.45) is 0. The maximum atomic E-state index is 13.1. The van der Waals surface area contributed by atoms with Gasteiger partial charge in [0.05, 0.1) is 25.8 Å². The van der Waals surface area contributed by atoms with E-state index in [1.165, 1.54) is 4.90 Å². The average molecular weight is 424 g/mol. The van der Waals surface area contributed by atoms with Crippen molar-refractivity contribution in [2.45, 2.75) is 13.0 Å². The van der Waals surface area contributed by atoms with Crippen molar-refractivity contribution >= 4 is 17.4 Å². The topological polar surface area (TPSA) is 79.3 Å². The summed E-state index contributed by atoms with van der Waals surface area (Å²) in [6, 6.07) is 11.7. The number of amides is 1. The second kappa shape index (κ2) is 9.22. The number of Topliss-reactive ketones (excluding diaryl/α,β-unsaturated/α-hetero) is 1. The number of aliphatic hydroxyl groups excluding tert-OH is 1. The van der Waals surface area contributed by atoms with Crippen molar-refractivity contribution in [1.82, 2.24) is 9.80 Å². The van der Waals surface area contributed by atoms with Gasteiger partial charge in [-0.05, 0) is 50.8 Å². The van der Waals surface area contributed by atoms with E-state index in [1.807, 2.05) is 44.1 Å². The number of hydrogen-bond donors (Lipinski definition) is 1. The van der Waals surface area contributed by atoms with Crippen LogP contribution in [0.25, 0.3) is 5.76 Å². The monoisotopic (exact) mass is 424 g/mol. The van der Waals surface area contributed by atoms with Crippen LogP contribution < -0.4 is 9.47 Å². The summed E-state index contributed by atoms with van der Waals surface area (Å²) in [5, 5.41) is 11.2. The summed E-state index contributed by atoms with van der Waals surface area (Å²) in [6.45, 7) is 2.72. The lowest BCUT2D eigenvalue weighted by molar-refractivity contribution is -0.140. The third kappa shape index (κ3) is 4.27. The van der Waals surface area contributed by atoms with E-state index in [-0.39, 0.29) is 11.3 Å². The van der Waals surface area contributed by atoms with Crippen molar-refractivity contribution in [2.24, 2.45) is 0 Å². The van der Waals surface area contributed by atoms with Crippen molar-refractivity contribution in [3.63, 3.8) is 0 Å². The lowest BCUT2D eigenvalue weighted by atomic mass is 9.93. The molecule has 1 aliphatic heterocycles. The number of ketones is 1. The number of likely N-dealkylation sites (tertiary alicyclic amines) is 1. The van der Waals surface area contributed by atoms with Crippen molar-refractivity contribution in [1.29, 1.82) is 0 Å². The Labute approximate surface area is 182 Å². The SMILES string of the molecule is COc1ccc(/C(O)=C2\C(=O)C(=O)N(CCN(C)C)C2c2ccccc2OC)c(C)c1. The second-order valence-corrected chi connectivity index (χ2v) is 7.72. The first-order valence-corrected chi connectivity index (χ1v) is 10.0. The molecule has 0 saturated carbocycles. The minimum absolute atomic E-state index is 0.0570. The van der Waals surface area contributed by atoms with Crippen molar-refractivity contribution in [2.75, 3.05) is 41.4 Å². The Morgan fingerprint density at radius 2 is 1.81 bits per heavy atom. The number of carbonyl (C=O) groups is 2. The molecule has 1 saturated heterocycles. The van der Waals surface area contributed by atoms with Gasteiger partial charge in [0.1, 0.15) is 17.3 Å². The van der Waals surface area contributed by atoms with Crippen LogP contribution >= 0.6 is 0 Å². The van der Waals surface area contributed by atoms with Gasteiger partial charge in [-0.25, -0.2) is 0 Å². The smallest absolute Gasteiger partial charge is 0.295 e. The van der Waals surface area contributed by atoms with Gasteiger partial charge in [-0.1, -0.05) is 18.2 Å². The highest BCUT2D eigenvalue weighted by molar-refractivity contribution is 6.46. The van der Waals surface area contributed by atoms with E-state index in [2.05, 4.69) is 0 Å². The maximum Gasteiger partial charge on any atom is 0.295 e. The summed E-state index contributed by atoms with van der Waals surface area (Å²) < 4.78 is 10.7. The Bertz CT molecular complexity index is 1030. The molecule has 1 aliphatic rings. The Balaban J connectivity index is 2.21. The lowest BCUT2D eigenvalue weighted by Gasteiger charge is -2.27. The van der Waals surface area contributed by atoms with Crippen LogP contribution in [-0.4, -0.2) is 68.0 Å². The number of nitrogens with zero attached hydrogens (tertiary/aromatic N) is 2. The molecule has 1 amide bonds. The molecule has 0 aliphatic carbocycles.